The highest BCUT2D eigenvalue weighted by atomic mass is 16.5. The third-order valence-electron chi connectivity index (χ3n) is 5.73. The van der Waals surface area contributed by atoms with Crippen LogP contribution in [0.15, 0.2) is 36.4 Å². The summed E-state index contributed by atoms with van der Waals surface area (Å²) in [7, 11) is 2.99. The molecule has 2 amide bonds. The largest absolute Gasteiger partial charge is 0.467 e. The minimum atomic E-state index is -0.858. The van der Waals surface area contributed by atoms with E-state index in [-0.39, 0.29) is 12.3 Å². The van der Waals surface area contributed by atoms with Crippen LogP contribution in [-0.4, -0.2) is 44.0 Å². The lowest BCUT2D eigenvalue weighted by Gasteiger charge is -2.24. The SMILES string of the molecule is CN[C@@H]1C(=O)N[C@@H](C)C(=O)N[C@H](C(=O)OC)Cc2ccc(C)c(c2)-c2cc1ccc2C. The van der Waals surface area contributed by atoms with E-state index >= 15 is 0 Å². The van der Waals surface area contributed by atoms with E-state index in [1.165, 1.54) is 7.11 Å². The average Bonchev–Trinajstić information content (AvgIpc) is 2.75. The molecule has 0 unspecified atom stereocenters. The van der Waals surface area contributed by atoms with Gasteiger partial charge >= 0.3 is 5.97 Å². The molecule has 1 aliphatic rings. The molecule has 3 rings (SSSR count). The minimum Gasteiger partial charge on any atom is -0.467 e. The first-order valence-corrected chi connectivity index (χ1v) is 10.3. The van der Waals surface area contributed by atoms with Crippen LogP contribution >= 0.6 is 0 Å². The van der Waals surface area contributed by atoms with E-state index in [2.05, 4.69) is 16.0 Å². The molecule has 1 heterocycles. The lowest BCUT2D eigenvalue weighted by atomic mass is 9.90. The lowest BCUT2D eigenvalue weighted by Crippen LogP contribution is -2.52. The molecule has 2 aromatic rings. The number of esters is 1. The van der Waals surface area contributed by atoms with Gasteiger partial charge in [0.25, 0.3) is 0 Å². The molecule has 1 aliphatic heterocycles. The summed E-state index contributed by atoms with van der Waals surface area (Å²) in [6.45, 7) is 5.64. The summed E-state index contributed by atoms with van der Waals surface area (Å²) in [5, 5.41) is 8.49. The summed E-state index contributed by atoms with van der Waals surface area (Å²) in [5.74, 6) is -1.31. The van der Waals surface area contributed by atoms with Crippen molar-refractivity contribution in [2.24, 2.45) is 0 Å². The number of fused-ring (bicyclic) bond motifs is 5. The second-order valence-electron chi connectivity index (χ2n) is 7.96. The first-order valence-electron chi connectivity index (χ1n) is 10.3. The Morgan fingerprint density at radius 2 is 1.65 bits per heavy atom. The zero-order valence-electron chi connectivity index (χ0n) is 18.5. The summed E-state index contributed by atoms with van der Waals surface area (Å²) >= 11 is 0. The molecule has 2 aromatic carbocycles. The maximum Gasteiger partial charge on any atom is 0.328 e. The Labute approximate surface area is 182 Å². The number of aryl methyl sites for hydroxylation is 2. The standard InChI is InChI=1S/C24H29N3O4/c1-13-6-8-16-10-18(13)19-12-17(9-7-14(19)2)21(25-4)23(29)26-15(3)22(28)27-20(11-16)24(30)31-5/h6-10,12,15,20-21,25H,11H2,1-5H3,(H,26,29)(H,27,28)/t15-,20-,21-/m0/s1. The van der Waals surface area contributed by atoms with Crippen LogP contribution in [0.25, 0.3) is 11.1 Å². The highest BCUT2D eigenvalue weighted by Gasteiger charge is 2.28. The van der Waals surface area contributed by atoms with Gasteiger partial charge in [-0.25, -0.2) is 4.79 Å². The quantitative estimate of drug-likeness (QED) is 0.642. The van der Waals surface area contributed by atoms with Crippen molar-refractivity contribution in [3.63, 3.8) is 0 Å². The molecular formula is C24H29N3O4. The Kier molecular flexibility index (Phi) is 6.75. The average molecular weight is 424 g/mol. The first kappa shape index (κ1) is 22.5. The molecule has 3 N–H and O–H groups in total. The van der Waals surface area contributed by atoms with E-state index in [9.17, 15) is 14.4 Å². The lowest BCUT2D eigenvalue weighted by molar-refractivity contribution is -0.145. The number of amides is 2. The van der Waals surface area contributed by atoms with Crippen molar-refractivity contribution in [1.82, 2.24) is 16.0 Å². The molecule has 0 saturated carbocycles. The van der Waals surface area contributed by atoms with Crippen LogP contribution in [0.2, 0.25) is 0 Å². The molecule has 0 saturated heterocycles. The highest BCUT2D eigenvalue weighted by Crippen LogP contribution is 2.31. The summed E-state index contributed by atoms with van der Waals surface area (Å²) in [6, 6.07) is 9.61. The van der Waals surface area contributed by atoms with E-state index in [0.29, 0.717) is 0 Å². The van der Waals surface area contributed by atoms with Crippen LogP contribution in [0.1, 0.15) is 35.2 Å². The van der Waals surface area contributed by atoms with Gasteiger partial charge in [0, 0.05) is 6.42 Å². The molecule has 3 atom stereocenters. The fraction of sp³-hybridized carbons (Fsp3) is 0.375. The van der Waals surface area contributed by atoms with Gasteiger partial charge in [0.05, 0.1) is 7.11 Å². The number of nitrogens with one attached hydrogen (secondary N) is 3. The number of rotatable bonds is 2. The van der Waals surface area contributed by atoms with Crippen molar-refractivity contribution in [2.75, 3.05) is 14.2 Å². The van der Waals surface area contributed by atoms with Crippen LogP contribution in [0.3, 0.4) is 0 Å². The predicted octanol–water partition coefficient (Wildman–Crippen LogP) is 1.95. The van der Waals surface area contributed by atoms with Crippen molar-refractivity contribution in [2.45, 2.75) is 45.3 Å². The van der Waals surface area contributed by atoms with E-state index in [1.807, 2.05) is 50.2 Å². The van der Waals surface area contributed by atoms with Crippen molar-refractivity contribution in [3.8, 4) is 11.1 Å². The Hall–Kier alpha value is -3.19. The molecular weight excluding hydrogens is 394 g/mol. The Balaban J connectivity index is 2.18. The molecule has 4 bridgehead atoms. The van der Waals surface area contributed by atoms with Crippen LogP contribution in [-0.2, 0) is 25.5 Å². The predicted molar refractivity (Wildman–Crippen MR) is 118 cm³/mol. The molecule has 7 heteroatoms. The van der Waals surface area contributed by atoms with Gasteiger partial charge in [0.1, 0.15) is 18.1 Å². The summed E-state index contributed by atoms with van der Waals surface area (Å²) in [4.78, 5) is 38.0. The van der Waals surface area contributed by atoms with Gasteiger partial charge in [0.15, 0.2) is 0 Å². The topological polar surface area (TPSA) is 96.5 Å². The highest BCUT2D eigenvalue weighted by molar-refractivity contribution is 5.92. The van der Waals surface area contributed by atoms with E-state index in [4.69, 9.17) is 4.74 Å². The normalized spacial score (nSPS) is 21.5. The molecule has 0 aliphatic carbocycles. The van der Waals surface area contributed by atoms with Crippen molar-refractivity contribution in [1.29, 1.82) is 0 Å². The molecule has 164 valence electrons. The van der Waals surface area contributed by atoms with Crippen molar-refractivity contribution >= 4 is 17.8 Å². The zero-order valence-corrected chi connectivity index (χ0v) is 18.5. The molecule has 0 radical (unpaired) electrons. The smallest absolute Gasteiger partial charge is 0.328 e. The summed E-state index contributed by atoms with van der Waals surface area (Å²) < 4.78 is 4.90. The van der Waals surface area contributed by atoms with Crippen LogP contribution in [0.5, 0.6) is 0 Å². The van der Waals surface area contributed by atoms with Gasteiger partial charge in [-0.05, 0) is 67.3 Å². The number of likely N-dealkylation sites (N-methyl/N-ethyl adjacent to an activating group) is 1. The van der Waals surface area contributed by atoms with Crippen molar-refractivity contribution in [3.05, 3.63) is 58.7 Å². The molecule has 0 aromatic heterocycles. The second-order valence-corrected chi connectivity index (χ2v) is 7.96. The molecule has 0 fully saturated rings. The minimum absolute atomic E-state index is 0.282. The van der Waals surface area contributed by atoms with E-state index in [1.54, 1.807) is 14.0 Å². The number of hydrogen-bond acceptors (Lipinski definition) is 5. The fourth-order valence-corrected chi connectivity index (χ4v) is 3.88. The van der Waals surface area contributed by atoms with E-state index in [0.717, 1.165) is 33.4 Å². The molecule has 0 spiro atoms. The van der Waals surface area contributed by atoms with Gasteiger partial charge in [-0.3, -0.25) is 9.59 Å². The van der Waals surface area contributed by atoms with Crippen LogP contribution in [0, 0.1) is 13.8 Å². The van der Waals surface area contributed by atoms with Crippen molar-refractivity contribution < 1.29 is 19.1 Å². The maximum atomic E-state index is 12.9. The van der Waals surface area contributed by atoms with Gasteiger partial charge in [-0.1, -0.05) is 30.3 Å². The Morgan fingerprint density at radius 3 is 2.29 bits per heavy atom. The van der Waals surface area contributed by atoms with Crippen LogP contribution in [0.4, 0.5) is 0 Å². The number of methoxy groups -OCH3 is 1. The second kappa shape index (κ2) is 9.31. The summed E-state index contributed by atoms with van der Waals surface area (Å²) in [6.07, 6.45) is 0.282. The number of hydrogen-bond donors (Lipinski definition) is 3. The van der Waals surface area contributed by atoms with E-state index < -0.39 is 30.0 Å². The number of ether oxygens (including phenoxy) is 1. The Bertz CT molecular complexity index is 1020. The van der Waals surface area contributed by atoms with Gasteiger partial charge in [-0.15, -0.1) is 0 Å². The van der Waals surface area contributed by atoms with Gasteiger partial charge < -0.3 is 20.7 Å². The van der Waals surface area contributed by atoms with Crippen LogP contribution < -0.4 is 16.0 Å². The van der Waals surface area contributed by atoms with Gasteiger partial charge in [0.2, 0.25) is 11.8 Å². The molecule has 7 nitrogen and oxygen atoms in total. The third kappa shape index (κ3) is 4.77. The summed E-state index contributed by atoms with van der Waals surface area (Å²) in [5.41, 5.74) is 5.91. The maximum absolute atomic E-state index is 12.9. The fourth-order valence-electron chi connectivity index (χ4n) is 3.88. The number of carbonyl (C=O) groups excluding carboxylic acids is 3. The Morgan fingerprint density at radius 1 is 1.00 bits per heavy atom. The molecule has 31 heavy (non-hydrogen) atoms. The monoisotopic (exact) mass is 423 g/mol. The number of benzene rings is 2. The third-order valence-corrected chi connectivity index (χ3v) is 5.73. The van der Waals surface area contributed by atoms with Gasteiger partial charge in [-0.2, -0.15) is 0 Å². The first-order chi connectivity index (χ1) is 14.7. The zero-order chi connectivity index (χ0) is 22.7. The number of carbonyl (C=O) groups is 3.